The fourth-order valence-electron chi connectivity index (χ4n) is 2.40. The number of aryl methyl sites for hydroxylation is 1. The quantitative estimate of drug-likeness (QED) is 0.533. The van der Waals surface area contributed by atoms with E-state index in [4.69, 9.17) is 0 Å². The van der Waals surface area contributed by atoms with E-state index in [0.29, 0.717) is 6.54 Å². The van der Waals surface area contributed by atoms with E-state index in [0.717, 1.165) is 29.7 Å². The van der Waals surface area contributed by atoms with Gasteiger partial charge in [0.25, 0.3) is 5.69 Å². The Morgan fingerprint density at radius 3 is 2.95 bits per heavy atom. The Hall–Kier alpha value is -2.70. The van der Waals surface area contributed by atoms with Gasteiger partial charge in [0, 0.05) is 35.8 Å². The van der Waals surface area contributed by atoms with Crippen LogP contribution in [-0.2, 0) is 13.1 Å². The molecule has 0 aliphatic rings. The lowest BCUT2D eigenvalue weighted by atomic mass is 10.2. The molecule has 7 heteroatoms. The van der Waals surface area contributed by atoms with Crippen molar-refractivity contribution in [1.82, 2.24) is 19.3 Å². The Bertz CT molecular complexity index is 790. The zero-order chi connectivity index (χ0) is 14.8. The number of rotatable bonds is 5. The molecule has 108 valence electrons. The summed E-state index contributed by atoms with van der Waals surface area (Å²) in [6, 6.07) is 6.76. The lowest BCUT2D eigenvalue weighted by Crippen LogP contribution is -2.09. The zero-order valence-electron chi connectivity index (χ0n) is 11.6. The SMILES string of the molecule is CCCn1ncnc1Cn1ccc2cc([N+](=O)[O-])ccc21. The van der Waals surface area contributed by atoms with Gasteiger partial charge in [-0.1, -0.05) is 6.92 Å². The summed E-state index contributed by atoms with van der Waals surface area (Å²) in [5.41, 5.74) is 1.06. The summed E-state index contributed by atoms with van der Waals surface area (Å²) in [5.74, 6) is 0.882. The summed E-state index contributed by atoms with van der Waals surface area (Å²) in [5, 5.41) is 15.9. The van der Waals surface area contributed by atoms with E-state index in [9.17, 15) is 10.1 Å². The number of hydrogen-bond donors (Lipinski definition) is 0. The minimum absolute atomic E-state index is 0.106. The first-order valence-corrected chi connectivity index (χ1v) is 6.79. The Kier molecular flexibility index (Phi) is 3.39. The smallest absolute Gasteiger partial charge is 0.270 e. The van der Waals surface area contributed by atoms with E-state index >= 15 is 0 Å². The van der Waals surface area contributed by atoms with Crippen molar-refractivity contribution in [3.63, 3.8) is 0 Å². The molecule has 2 heterocycles. The molecule has 0 saturated heterocycles. The van der Waals surface area contributed by atoms with Crippen molar-refractivity contribution in [2.24, 2.45) is 0 Å². The summed E-state index contributed by atoms with van der Waals surface area (Å²) >= 11 is 0. The maximum Gasteiger partial charge on any atom is 0.270 e. The van der Waals surface area contributed by atoms with Gasteiger partial charge in [0.1, 0.15) is 12.2 Å². The van der Waals surface area contributed by atoms with E-state index < -0.39 is 0 Å². The van der Waals surface area contributed by atoms with Gasteiger partial charge in [-0.25, -0.2) is 9.67 Å². The molecule has 0 bridgehead atoms. The van der Waals surface area contributed by atoms with Crippen LogP contribution in [0.5, 0.6) is 0 Å². The Balaban J connectivity index is 1.94. The van der Waals surface area contributed by atoms with E-state index in [2.05, 4.69) is 17.0 Å². The van der Waals surface area contributed by atoms with Gasteiger partial charge in [0.05, 0.1) is 11.5 Å². The van der Waals surface area contributed by atoms with Gasteiger partial charge in [-0.15, -0.1) is 0 Å². The summed E-state index contributed by atoms with van der Waals surface area (Å²) in [6.45, 7) is 3.52. The van der Waals surface area contributed by atoms with Crippen LogP contribution in [0.25, 0.3) is 10.9 Å². The second kappa shape index (κ2) is 5.35. The number of benzene rings is 1. The fourth-order valence-corrected chi connectivity index (χ4v) is 2.40. The van der Waals surface area contributed by atoms with Gasteiger partial charge in [-0.3, -0.25) is 10.1 Å². The van der Waals surface area contributed by atoms with Crippen molar-refractivity contribution in [2.45, 2.75) is 26.4 Å². The number of nitro groups is 1. The third-order valence-electron chi connectivity index (χ3n) is 3.41. The number of nitrogens with zero attached hydrogens (tertiary/aromatic N) is 5. The number of nitro benzene ring substituents is 1. The normalized spacial score (nSPS) is 11.1. The molecular formula is C14H15N5O2. The highest BCUT2D eigenvalue weighted by atomic mass is 16.6. The van der Waals surface area contributed by atoms with Crippen molar-refractivity contribution >= 4 is 16.6 Å². The largest absolute Gasteiger partial charge is 0.340 e. The standard InChI is InChI=1S/C14H15N5O2/c1-2-6-18-14(15-10-16-18)9-17-7-5-11-8-12(19(20)21)3-4-13(11)17/h3-5,7-8,10H,2,6,9H2,1H3. The summed E-state index contributed by atoms with van der Waals surface area (Å²) in [4.78, 5) is 14.7. The summed E-state index contributed by atoms with van der Waals surface area (Å²) in [7, 11) is 0. The molecule has 0 fully saturated rings. The van der Waals surface area contributed by atoms with Crippen molar-refractivity contribution in [3.05, 3.63) is 52.7 Å². The monoisotopic (exact) mass is 285 g/mol. The molecular weight excluding hydrogens is 270 g/mol. The van der Waals surface area contributed by atoms with Crippen LogP contribution in [0.1, 0.15) is 19.2 Å². The first-order chi connectivity index (χ1) is 10.2. The Labute approximate surface area is 121 Å². The predicted octanol–water partition coefficient (Wildman–Crippen LogP) is 2.60. The molecule has 0 amide bonds. The van der Waals surface area contributed by atoms with Crippen LogP contribution < -0.4 is 0 Å². The third-order valence-corrected chi connectivity index (χ3v) is 3.41. The van der Waals surface area contributed by atoms with Gasteiger partial charge in [-0.05, 0) is 18.6 Å². The topological polar surface area (TPSA) is 78.8 Å². The Morgan fingerprint density at radius 2 is 2.19 bits per heavy atom. The minimum Gasteiger partial charge on any atom is -0.340 e. The maximum atomic E-state index is 10.8. The molecule has 0 spiro atoms. The zero-order valence-corrected chi connectivity index (χ0v) is 11.6. The second-order valence-corrected chi connectivity index (χ2v) is 4.84. The molecule has 3 rings (SSSR count). The Morgan fingerprint density at radius 1 is 1.33 bits per heavy atom. The lowest BCUT2D eigenvalue weighted by molar-refractivity contribution is -0.384. The van der Waals surface area contributed by atoms with Gasteiger partial charge in [0.2, 0.25) is 0 Å². The molecule has 3 aromatic rings. The van der Waals surface area contributed by atoms with Crippen LogP contribution in [0.3, 0.4) is 0 Å². The molecule has 0 aliphatic carbocycles. The average molecular weight is 285 g/mol. The van der Waals surface area contributed by atoms with Crippen molar-refractivity contribution < 1.29 is 4.92 Å². The van der Waals surface area contributed by atoms with Crippen LogP contribution in [0, 0.1) is 10.1 Å². The summed E-state index contributed by atoms with van der Waals surface area (Å²) < 4.78 is 3.91. The van der Waals surface area contributed by atoms with Crippen LogP contribution in [0.2, 0.25) is 0 Å². The van der Waals surface area contributed by atoms with Crippen LogP contribution in [0.15, 0.2) is 36.8 Å². The van der Waals surface area contributed by atoms with Crippen LogP contribution in [0.4, 0.5) is 5.69 Å². The first kappa shape index (κ1) is 13.3. The summed E-state index contributed by atoms with van der Waals surface area (Å²) in [6.07, 6.45) is 4.47. The van der Waals surface area contributed by atoms with E-state index in [1.807, 2.05) is 21.5 Å². The van der Waals surface area contributed by atoms with Gasteiger partial charge in [0.15, 0.2) is 0 Å². The fraction of sp³-hybridized carbons (Fsp3) is 0.286. The molecule has 7 nitrogen and oxygen atoms in total. The van der Waals surface area contributed by atoms with E-state index in [1.54, 1.807) is 18.5 Å². The molecule has 0 atom stereocenters. The van der Waals surface area contributed by atoms with E-state index in [1.165, 1.54) is 6.07 Å². The molecule has 0 aliphatic heterocycles. The van der Waals surface area contributed by atoms with Gasteiger partial charge >= 0.3 is 0 Å². The molecule has 1 aromatic carbocycles. The number of hydrogen-bond acceptors (Lipinski definition) is 4. The third kappa shape index (κ3) is 2.49. The number of non-ortho nitro benzene ring substituents is 1. The van der Waals surface area contributed by atoms with E-state index in [-0.39, 0.29) is 10.6 Å². The molecule has 0 N–H and O–H groups in total. The maximum absolute atomic E-state index is 10.8. The first-order valence-electron chi connectivity index (χ1n) is 6.79. The van der Waals surface area contributed by atoms with Crippen molar-refractivity contribution in [2.75, 3.05) is 0 Å². The van der Waals surface area contributed by atoms with Gasteiger partial charge in [-0.2, -0.15) is 5.10 Å². The minimum atomic E-state index is -0.380. The molecule has 0 unspecified atom stereocenters. The highest BCUT2D eigenvalue weighted by Gasteiger charge is 2.10. The predicted molar refractivity (Wildman–Crippen MR) is 78.0 cm³/mol. The molecule has 0 saturated carbocycles. The second-order valence-electron chi connectivity index (χ2n) is 4.84. The highest BCUT2D eigenvalue weighted by Crippen LogP contribution is 2.22. The molecule has 0 radical (unpaired) electrons. The van der Waals surface area contributed by atoms with Crippen molar-refractivity contribution in [1.29, 1.82) is 0 Å². The lowest BCUT2D eigenvalue weighted by Gasteiger charge is -2.07. The number of fused-ring (bicyclic) bond motifs is 1. The van der Waals surface area contributed by atoms with Crippen LogP contribution >= 0.6 is 0 Å². The van der Waals surface area contributed by atoms with Crippen LogP contribution in [-0.4, -0.2) is 24.3 Å². The average Bonchev–Trinajstić information content (AvgIpc) is 3.07. The molecule has 2 aromatic heterocycles. The van der Waals surface area contributed by atoms with Crippen molar-refractivity contribution in [3.8, 4) is 0 Å². The molecule has 21 heavy (non-hydrogen) atoms. The van der Waals surface area contributed by atoms with Gasteiger partial charge < -0.3 is 4.57 Å². The highest BCUT2D eigenvalue weighted by molar-refractivity contribution is 5.82. The number of aromatic nitrogens is 4.